The van der Waals surface area contributed by atoms with Gasteiger partial charge < -0.3 is 0 Å². The van der Waals surface area contributed by atoms with E-state index in [1.54, 1.807) is 6.92 Å². The van der Waals surface area contributed by atoms with Crippen molar-refractivity contribution in [1.29, 1.82) is 0 Å². The van der Waals surface area contributed by atoms with E-state index in [2.05, 4.69) is 5.10 Å². The highest BCUT2D eigenvalue weighted by Gasteiger charge is 2.36. The fraction of sp³-hybridized carbons (Fsp3) is 0.714. The molecule has 1 rings (SSSR count). The van der Waals surface area contributed by atoms with Crippen LogP contribution in [0.3, 0.4) is 0 Å². The van der Waals surface area contributed by atoms with Gasteiger partial charge in [0.15, 0.2) is 7.29 Å². The van der Waals surface area contributed by atoms with Crippen LogP contribution in [-0.4, -0.2) is 28.7 Å². The van der Waals surface area contributed by atoms with E-state index in [0.717, 1.165) is 5.71 Å². The number of hydrazone groups is 1. The molecule has 0 saturated carbocycles. The molecular weight excluding hydrogens is 175 g/mol. The van der Waals surface area contributed by atoms with Crippen molar-refractivity contribution in [1.82, 2.24) is 4.78 Å². The lowest BCUT2D eigenvalue weighted by Crippen LogP contribution is -2.17. The van der Waals surface area contributed by atoms with Gasteiger partial charge in [0, 0.05) is 18.8 Å². The van der Waals surface area contributed by atoms with Gasteiger partial charge in [-0.2, -0.15) is 9.88 Å². The van der Waals surface area contributed by atoms with Crippen LogP contribution in [0.1, 0.15) is 20.8 Å². The van der Waals surface area contributed by atoms with Crippen LogP contribution >= 0.6 is 7.29 Å². The fourth-order valence-electron chi connectivity index (χ4n) is 1.27. The maximum atomic E-state index is 12.0. The van der Waals surface area contributed by atoms with Crippen LogP contribution in [0.4, 0.5) is 0 Å². The maximum Gasteiger partial charge on any atom is 0.245 e. The summed E-state index contributed by atoms with van der Waals surface area (Å²) in [5.74, 6) is -0.225. The summed E-state index contributed by atoms with van der Waals surface area (Å²) in [6.07, 6.45) is 0.969. The third-order valence-corrected chi connectivity index (χ3v) is 4.86. The average molecular weight is 188 g/mol. The molecule has 1 heterocycles. The van der Waals surface area contributed by atoms with E-state index in [4.69, 9.17) is 0 Å². The summed E-state index contributed by atoms with van der Waals surface area (Å²) in [7, 11) is -2.49. The summed E-state index contributed by atoms with van der Waals surface area (Å²) < 4.78 is 13.1. The first kappa shape index (κ1) is 9.46. The maximum absolute atomic E-state index is 12.0. The Bertz CT molecular complexity index is 285. The van der Waals surface area contributed by atoms with Crippen LogP contribution in [0.2, 0.25) is 0 Å². The number of hydrogen-bond donors (Lipinski definition) is 0. The Morgan fingerprint density at radius 2 is 2.33 bits per heavy atom. The Balaban J connectivity index is 2.97. The first-order chi connectivity index (χ1) is 5.49. The van der Waals surface area contributed by atoms with Crippen molar-refractivity contribution in [2.24, 2.45) is 5.10 Å². The third kappa shape index (κ3) is 1.44. The van der Waals surface area contributed by atoms with Gasteiger partial charge >= 0.3 is 0 Å². The fourth-order valence-corrected chi connectivity index (χ4v) is 3.50. The summed E-state index contributed by atoms with van der Waals surface area (Å²) >= 11 is 0. The Morgan fingerprint density at radius 1 is 1.75 bits per heavy atom. The molecule has 1 aliphatic heterocycles. The van der Waals surface area contributed by atoms with Gasteiger partial charge in [0.2, 0.25) is 5.91 Å². The van der Waals surface area contributed by atoms with E-state index >= 15 is 0 Å². The molecule has 0 N–H and O–H groups in total. The zero-order valence-electron chi connectivity index (χ0n) is 7.57. The molecular formula is C7H13N2O2P. The van der Waals surface area contributed by atoms with E-state index in [-0.39, 0.29) is 5.91 Å². The number of carbonyl (C=O) groups excluding carboxylic acids is 1. The molecule has 1 amide bonds. The number of amides is 1. The van der Waals surface area contributed by atoms with Crippen molar-refractivity contribution in [2.75, 3.05) is 12.3 Å². The van der Waals surface area contributed by atoms with Crippen molar-refractivity contribution >= 4 is 18.9 Å². The Morgan fingerprint density at radius 3 is 2.67 bits per heavy atom. The molecule has 1 unspecified atom stereocenters. The lowest BCUT2D eigenvalue weighted by atomic mass is 10.5. The van der Waals surface area contributed by atoms with Gasteiger partial charge in [0.05, 0.1) is 6.16 Å². The van der Waals surface area contributed by atoms with Gasteiger partial charge in [-0.15, -0.1) is 0 Å². The van der Waals surface area contributed by atoms with E-state index in [9.17, 15) is 9.36 Å². The number of hydrogen-bond acceptors (Lipinski definition) is 3. The van der Waals surface area contributed by atoms with E-state index in [1.165, 1.54) is 11.7 Å². The summed E-state index contributed by atoms with van der Waals surface area (Å²) in [5, 5.41) is 3.95. The van der Waals surface area contributed by atoms with Crippen molar-refractivity contribution < 1.29 is 9.36 Å². The van der Waals surface area contributed by atoms with Gasteiger partial charge in [-0.3, -0.25) is 9.36 Å². The molecule has 0 saturated heterocycles. The second kappa shape index (κ2) is 3.02. The molecule has 1 aliphatic rings. The molecule has 0 aromatic heterocycles. The van der Waals surface area contributed by atoms with Gasteiger partial charge in [0.1, 0.15) is 0 Å². The quantitative estimate of drug-likeness (QED) is 0.586. The average Bonchev–Trinajstić information content (AvgIpc) is 2.27. The van der Waals surface area contributed by atoms with Crippen LogP contribution < -0.4 is 0 Å². The molecule has 68 valence electrons. The molecule has 0 radical (unpaired) electrons. The van der Waals surface area contributed by atoms with E-state index < -0.39 is 7.29 Å². The SMILES string of the molecule is CCP1(=O)CC(C)=NN1C(C)=O. The van der Waals surface area contributed by atoms with Crippen molar-refractivity contribution in [3.05, 3.63) is 0 Å². The summed E-state index contributed by atoms with van der Waals surface area (Å²) in [6, 6.07) is 0. The summed E-state index contributed by atoms with van der Waals surface area (Å²) in [5.41, 5.74) is 0.787. The monoisotopic (exact) mass is 188 g/mol. The zero-order chi connectivity index (χ0) is 9.35. The van der Waals surface area contributed by atoms with Gasteiger partial charge in [-0.05, 0) is 6.92 Å². The zero-order valence-corrected chi connectivity index (χ0v) is 8.47. The van der Waals surface area contributed by atoms with Crippen LogP contribution in [-0.2, 0) is 9.36 Å². The third-order valence-electron chi connectivity index (χ3n) is 1.86. The summed E-state index contributed by atoms with van der Waals surface area (Å²) in [6.45, 7) is 5.01. The largest absolute Gasteiger partial charge is 0.298 e. The first-order valence-corrected chi connectivity index (χ1v) is 5.96. The van der Waals surface area contributed by atoms with Crippen molar-refractivity contribution in [3.63, 3.8) is 0 Å². The molecule has 5 heteroatoms. The van der Waals surface area contributed by atoms with E-state index in [1.807, 2.05) is 6.92 Å². The first-order valence-electron chi connectivity index (χ1n) is 3.93. The summed E-state index contributed by atoms with van der Waals surface area (Å²) in [4.78, 5) is 11.0. The topological polar surface area (TPSA) is 49.7 Å². The minimum atomic E-state index is -2.49. The van der Waals surface area contributed by atoms with Gasteiger partial charge in [-0.1, -0.05) is 6.92 Å². The van der Waals surface area contributed by atoms with Crippen LogP contribution in [0.15, 0.2) is 5.10 Å². The smallest absolute Gasteiger partial charge is 0.245 e. The highest BCUT2D eigenvalue weighted by Crippen LogP contribution is 2.52. The molecule has 4 nitrogen and oxygen atoms in total. The van der Waals surface area contributed by atoms with Crippen molar-refractivity contribution in [2.45, 2.75) is 20.8 Å². The normalized spacial score (nSPS) is 28.9. The Labute approximate surface area is 72.1 Å². The number of carbonyl (C=O) groups is 1. The van der Waals surface area contributed by atoms with Crippen LogP contribution in [0, 0.1) is 0 Å². The van der Waals surface area contributed by atoms with Crippen molar-refractivity contribution in [3.8, 4) is 0 Å². The predicted octanol–water partition coefficient (Wildman–Crippen LogP) is 1.52. The highest BCUT2D eigenvalue weighted by molar-refractivity contribution is 7.63. The molecule has 0 bridgehead atoms. The standard InChI is InChI=1S/C7H13N2O2P/c1-4-12(11)5-6(2)8-9(12)7(3)10/h4-5H2,1-3H3. The molecule has 0 aliphatic carbocycles. The highest BCUT2D eigenvalue weighted by atomic mass is 31.2. The van der Waals surface area contributed by atoms with Gasteiger partial charge in [0.25, 0.3) is 0 Å². The Hall–Kier alpha value is -0.630. The molecule has 1 atom stereocenters. The number of nitrogens with zero attached hydrogens (tertiary/aromatic N) is 2. The molecule has 12 heavy (non-hydrogen) atoms. The molecule has 0 aromatic carbocycles. The van der Waals surface area contributed by atoms with Gasteiger partial charge in [-0.25, -0.2) is 0 Å². The van der Waals surface area contributed by atoms with Crippen LogP contribution in [0.5, 0.6) is 0 Å². The lowest BCUT2D eigenvalue weighted by molar-refractivity contribution is -0.124. The lowest BCUT2D eigenvalue weighted by Gasteiger charge is -2.18. The molecule has 0 spiro atoms. The second-order valence-electron chi connectivity index (χ2n) is 2.96. The second-order valence-corrected chi connectivity index (χ2v) is 5.98. The minimum absolute atomic E-state index is 0.225. The molecule has 0 fully saturated rings. The molecule has 0 aromatic rings. The van der Waals surface area contributed by atoms with E-state index in [0.29, 0.717) is 12.3 Å². The predicted molar refractivity (Wildman–Crippen MR) is 48.6 cm³/mol. The minimum Gasteiger partial charge on any atom is -0.298 e. The van der Waals surface area contributed by atoms with Crippen LogP contribution in [0.25, 0.3) is 0 Å². The Kier molecular flexibility index (Phi) is 2.38. The number of rotatable bonds is 1.